The van der Waals surface area contributed by atoms with E-state index in [1.807, 2.05) is 0 Å². The van der Waals surface area contributed by atoms with E-state index in [4.69, 9.17) is 11.6 Å². The summed E-state index contributed by atoms with van der Waals surface area (Å²) in [6.07, 6.45) is 0. The first-order chi connectivity index (χ1) is 8.49. The Morgan fingerprint density at radius 1 is 1.11 bits per heavy atom. The van der Waals surface area contributed by atoms with E-state index in [2.05, 4.69) is 15.9 Å². The molecular weight excluding hydrogens is 325 g/mol. The van der Waals surface area contributed by atoms with Crippen molar-refractivity contribution in [3.63, 3.8) is 0 Å². The summed E-state index contributed by atoms with van der Waals surface area (Å²) < 4.78 is 26.7. The fraction of sp³-hybridized carbons (Fsp3) is 0. The minimum absolute atomic E-state index is 0.0614. The molecule has 0 aliphatic carbocycles. The number of carbonyl (C=O) groups excluding carboxylic acids is 1. The topological polar surface area (TPSA) is 17.1 Å². The first-order valence-electron chi connectivity index (χ1n) is 4.94. The van der Waals surface area contributed by atoms with Gasteiger partial charge in [0.15, 0.2) is 17.4 Å². The Kier molecular flexibility index (Phi) is 3.78. The van der Waals surface area contributed by atoms with Crippen molar-refractivity contribution in [1.82, 2.24) is 0 Å². The molecule has 18 heavy (non-hydrogen) atoms. The van der Waals surface area contributed by atoms with Gasteiger partial charge in [-0.3, -0.25) is 4.79 Å². The van der Waals surface area contributed by atoms with Gasteiger partial charge in [0, 0.05) is 15.6 Å². The van der Waals surface area contributed by atoms with Crippen LogP contribution in [0.1, 0.15) is 15.9 Å². The number of halogens is 4. The zero-order valence-corrected chi connectivity index (χ0v) is 11.2. The Morgan fingerprint density at radius 2 is 1.78 bits per heavy atom. The van der Waals surface area contributed by atoms with E-state index in [0.29, 0.717) is 10.0 Å². The quantitative estimate of drug-likeness (QED) is 0.580. The number of carbonyl (C=O) groups is 1. The standard InChI is InChI=1S/C13H6BrClF2O/c14-8-3-1-2-7(4-8)13(18)9-5-11(16)12(17)6-10(9)15/h1-6H. The Balaban J connectivity index is 2.49. The smallest absolute Gasteiger partial charge is 0.194 e. The molecule has 2 aromatic rings. The largest absolute Gasteiger partial charge is 0.289 e. The van der Waals surface area contributed by atoms with Gasteiger partial charge in [-0.1, -0.05) is 39.7 Å². The molecule has 0 aliphatic rings. The molecule has 0 unspecified atom stereocenters. The molecular formula is C13H6BrClF2O. The highest BCUT2D eigenvalue weighted by molar-refractivity contribution is 9.10. The van der Waals surface area contributed by atoms with Gasteiger partial charge in [-0.05, 0) is 24.3 Å². The van der Waals surface area contributed by atoms with Crippen molar-refractivity contribution in [1.29, 1.82) is 0 Å². The van der Waals surface area contributed by atoms with Gasteiger partial charge < -0.3 is 0 Å². The Morgan fingerprint density at radius 3 is 2.44 bits per heavy atom. The molecule has 0 spiro atoms. The maximum Gasteiger partial charge on any atom is 0.194 e. The summed E-state index contributed by atoms with van der Waals surface area (Å²) >= 11 is 8.98. The molecule has 0 saturated heterocycles. The van der Waals surface area contributed by atoms with Gasteiger partial charge in [-0.25, -0.2) is 8.78 Å². The van der Waals surface area contributed by atoms with Crippen LogP contribution in [0.5, 0.6) is 0 Å². The maximum atomic E-state index is 13.1. The van der Waals surface area contributed by atoms with Crippen molar-refractivity contribution in [2.24, 2.45) is 0 Å². The summed E-state index contributed by atoms with van der Waals surface area (Å²) in [5, 5.41) is -0.112. The third kappa shape index (κ3) is 2.60. The highest BCUT2D eigenvalue weighted by Gasteiger charge is 2.16. The van der Waals surface area contributed by atoms with Gasteiger partial charge in [-0.15, -0.1) is 0 Å². The van der Waals surface area contributed by atoms with Crippen molar-refractivity contribution in [3.8, 4) is 0 Å². The molecule has 0 radical (unpaired) electrons. The van der Waals surface area contributed by atoms with Gasteiger partial charge >= 0.3 is 0 Å². The van der Waals surface area contributed by atoms with Crippen molar-refractivity contribution >= 4 is 33.3 Å². The number of benzene rings is 2. The summed E-state index contributed by atoms with van der Waals surface area (Å²) in [5.74, 6) is -2.64. The van der Waals surface area contributed by atoms with Crippen molar-refractivity contribution in [3.05, 3.63) is 68.7 Å². The van der Waals surface area contributed by atoms with Gasteiger partial charge in [-0.2, -0.15) is 0 Å². The van der Waals surface area contributed by atoms with Gasteiger partial charge in [0.1, 0.15) is 0 Å². The van der Waals surface area contributed by atoms with Crippen LogP contribution in [0.2, 0.25) is 5.02 Å². The number of ketones is 1. The van der Waals surface area contributed by atoms with Gasteiger partial charge in [0.2, 0.25) is 0 Å². The van der Waals surface area contributed by atoms with Crippen LogP contribution in [0.25, 0.3) is 0 Å². The van der Waals surface area contributed by atoms with E-state index >= 15 is 0 Å². The Bertz CT molecular complexity index is 628. The summed E-state index contributed by atoms with van der Waals surface area (Å²) in [6.45, 7) is 0. The summed E-state index contributed by atoms with van der Waals surface area (Å²) in [5.41, 5.74) is 0.283. The molecule has 2 rings (SSSR count). The van der Waals surface area contributed by atoms with Crippen LogP contribution >= 0.6 is 27.5 Å². The SMILES string of the molecule is O=C(c1cccc(Br)c1)c1cc(F)c(F)cc1Cl. The monoisotopic (exact) mass is 330 g/mol. The highest BCUT2D eigenvalue weighted by Crippen LogP contribution is 2.23. The fourth-order valence-corrected chi connectivity index (χ4v) is 2.12. The van der Waals surface area contributed by atoms with Crippen LogP contribution in [0.3, 0.4) is 0 Å². The zero-order chi connectivity index (χ0) is 13.3. The second kappa shape index (κ2) is 5.16. The van der Waals surface area contributed by atoms with Crippen LogP contribution in [0.15, 0.2) is 40.9 Å². The van der Waals surface area contributed by atoms with E-state index in [1.165, 1.54) is 0 Å². The van der Waals surface area contributed by atoms with Gasteiger partial charge in [0.25, 0.3) is 0 Å². The molecule has 2 aromatic carbocycles. The van der Waals surface area contributed by atoms with Gasteiger partial charge in [0.05, 0.1) is 5.02 Å². The molecule has 1 nitrogen and oxygen atoms in total. The van der Waals surface area contributed by atoms with Crippen molar-refractivity contribution < 1.29 is 13.6 Å². The lowest BCUT2D eigenvalue weighted by Crippen LogP contribution is -2.04. The lowest BCUT2D eigenvalue weighted by atomic mass is 10.0. The molecule has 0 aromatic heterocycles. The predicted octanol–water partition coefficient (Wildman–Crippen LogP) is 4.61. The van der Waals surface area contributed by atoms with Crippen LogP contribution in [-0.4, -0.2) is 5.78 Å². The van der Waals surface area contributed by atoms with Crippen LogP contribution in [0.4, 0.5) is 8.78 Å². The molecule has 0 atom stereocenters. The first-order valence-corrected chi connectivity index (χ1v) is 6.11. The lowest BCUT2D eigenvalue weighted by Gasteiger charge is -2.05. The minimum atomic E-state index is -1.10. The molecule has 0 aliphatic heterocycles. The lowest BCUT2D eigenvalue weighted by molar-refractivity contribution is 0.103. The third-order valence-corrected chi connectivity index (χ3v) is 3.15. The Hall–Kier alpha value is -1.26. The second-order valence-electron chi connectivity index (χ2n) is 3.59. The minimum Gasteiger partial charge on any atom is -0.289 e. The van der Waals surface area contributed by atoms with Crippen LogP contribution in [-0.2, 0) is 0 Å². The average Bonchev–Trinajstić information content (AvgIpc) is 2.33. The summed E-state index contributed by atoms with van der Waals surface area (Å²) in [4.78, 5) is 12.1. The number of hydrogen-bond acceptors (Lipinski definition) is 1. The van der Waals surface area contributed by atoms with E-state index in [-0.39, 0.29) is 10.6 Å². The number of hydrogen-bond donors (Lipinski definition) is 0. The van der Waals surface area contributed by atoms with E-state index in [1.54, 1.807) is 24.3 Å². The highest BCUT2D eigenvalue weighted by atomic mass is 79.9. The molecule has 92 valence electrons. The molecule has 5 heteroatoms. The molecule has 0 N–H and O–H groups in total. The van der Waals surface area contributed by atoms with E-state index in [0.717, 1.165) is 12.1 Å². The molecule has 0 amide bonds. The molecule has 0 fully saturated rings. The van der Waals surface area contributed by atoms with Crippen molar-refractivity contribution in [2.45, 2.75) is 0 Å². The fourth-order valence-electron chi connectivity index (χ4n) is 1.48. The maximum absolute atomic E-state index is 13.1. The van der Waals surface area contributed by atoms with Crippen LogP contribution in [0, 0.1) is 11.6 Å². The van der Waals surface area contributed by atoms with E-state index < -0.39 is 17.4 Å². The third-order valence-electron chi connectivity index (χ3n) is 2.34. The average molecular weight is 332 g/mol. The normalized spacial score (nSPS) is 10.4. The number of rotatable bonds is 2. The predicted molar refractivity (Wildman–Crippen MR) is 68.9 cm³/mol. The summed E-state index contributed by atoms with van der Waals surface area (Å²) in [7, 11) is 0. The zero-order valence-electron chi connectivity index (χ0n) is 8.88. The second-order valence-corrected chi connectivity index (χ2v) is 4.91. The molecule has 0 heterocycles. The van der Waals surface area contributed by atoms with E-state index in [9.17, 15) is 13.6 Å². The molecule has 0 saturated carbocycles. The Labute approximate surface area is 116 Å². The summed E-state index contributed by atoms with van der Waals surface area (Å²) in [6, 6.07) is 8.18. The first kappa shape index (κ1) is 13.2. The van der Waals surface area contributed by atoms with Crippen LogP contribution < -0.4 is 0 Å². The van der Waals surface area contributed by atoms with Crippen molar-refractivity contribution in [2.75, 3.05) is 0 Å². The molecule has 0 bridgehead atoms.